The summed E-state index contributed by atoms with van der Waals surface area (Å²) in [5, 5.41) is 8.71. The lowest BCUT2D eigenvalue weighted by molar-refractivity contribution is -0.205. The Morgan fingerprint density at radius 3 is 2.68 bits per heavy atom. The van der Waals surface area contributed by atoms with Crippen molar-refractivity contribution in [1.82, 2.24) is 0 Å². The van der Waals surface area contributed by atoms with E-state index in [0.29, 0.717) is 6.42 Å². The summed E-state index contributed by atoms with van der Waals surface area (Å²) < 4.78 is 32.1. The average Bonchev–Trinajstić information content (AvgIpc) is 2.56. The summed E-state index contributed by atoms with van der Waals surface area (Å²) in [6, 6.07) is -0.796. The molecule has 5 atom stereocenters. The van der Waals surface area contributed by atoms with Gasteiger partial charge >= 0.3 is 0 Å². The van der Waals surface area contributed by atoms with Gasteiger partial charge in [0.2, 0.25) is 0 Å². The fraction of sp³-hybridized carbons (Fsp3) is 1.00. The number of hydrogen-bond acceptors (Lipinski definition) is 7. The number of hydrogen-bond donors (Lipinski definition) is 1. The van der Waals surface area contributed by atoms with Crippen LogP contribution in [0.4, 0.5) is 0 Å². The second kappa shape index (κ2) is 7.74. The molecule has 2 radical (unpaired) electrons. The maximum atomic E-state index is 11.3. The third-order valence-corrected chi connectivity index (χ3v) is 3.23. The molecule has 7 nitrogen and oxygen atoms in total. The molecule has 9 heteroatoms. The highest BCUT2D eigenvalue weighted by Crippen LogP contribution is 2.39. The fourth-order valence-electron chi connectivity index (χ4n) is 1.88. The number of methoxy groups -OCH3 is 1. The lowest BCUT2D eigenvalue weighted by atomic mass is 9.93. The molecule has 2 unspecified atom stereocenters. The van der Waals surface area contributed by atoms with E-state index in [0.717, 1.165) is 6.66 Å². The molecule has 1 N–H and O–H groups in total. The van der Waals surface area contributed by atoms with Gasteiger partial charge < -0.3 is 33.3 Å². The zero-order valence-electron chi connectivity index (χ0n) is 11.1. The fourth-order valence-corrected chi connectivity index (χ4v) is 2.57. The minimum atomic E-state index is -3.95. The van der Waals surface area contributed by atoms with Crippen molar-refractivity contribution in [2.75, 3.05) is 33.6 Å². The van der Waals surface area contributed by atoms with Crippen LogP contribution in [0.1, 0.15) is 6.42 Å². The first-order chi connectivity index (χ1) is 8.89. The maximum Gasteiger partial charge on any atom is 0.132 e. The van der Waals surface area contributed by atoms with Crippen LogP contribution in [0.5, 0.6) is 0 Å². The molecule has 0 spiro atoms. The molecular weight excluding hydrogens is 274 g/mol. The summed E-state index contributed by atoms with van der Waals surface area (Å²) in [5.41, 5.74) is 0. The molecule has 110 valence electrons. The predicted molar refractivity (Wildman–Crippen MR) is 66.1 cm³/mol. The molecule has 0 saturated carbocycles. The molecular formula is C10H19BO7P-. The molecule has 1 heterocycles. The summed E-state index contributed by atoms with van der Waals surface area (Å²) in [6.45, 7) is 1.35. The van der Waals surface area contributed by atoms with Crippen molar-refractivity contribution in [2.24, 2.45) is 0 Å². The van der Waals surface area contributed by atoms with Crippen molar-refractivity contribution < 1.29 is 33.3 Å². The Hall–Kier alpha value is 0.0549. The van der Waals surface area contributed by atoms with Crippen LogP contribution in [0, 0.1) is 0 Å². The van der Waals surface area contributed by atoms with E-state index in [-0.39, 0.29) is 19.8 Å². The van der Waals surface area contributed by atoms with Gasteiger partial charge in [-0.2, -0.15) is 0 Å². The van der Waals surface area contributed by atoms with Crippen molar-refractivity contribution in [3.05, 3.63) is 0 Å². The van der Waals surface area contributed by atoms with Gasteiger partial charge in [-0.05, 0) is 6.42 Å². The van der Waals surface area contributed by atoms with Crippen LogP contribution in [0.15, 0.2) is 0 Å². The van der Waals surface area contributed by atoms with Crippen LogP contribution in [0.2, 0.25) is 0 Å². The molecule has 0 aromatic carbocycles. The van der Waals surface area contributed by atoms with Crippen molar-refractivity contribution in [3.63, 3.8) is 0 Å². The van der Waals surface area contributed by atoms with Crippen LogP contribution in [-0.2, 0) is 23.3 Å². The summed E-state index contributed by atoms with van der Waals surface area (Å²) in [4.78, 5) is 11.3. The van der Waals surface area contributed by atoms with E-state index in [1.54, 1.807) is 0 Å². The van der Waals surface area contributed by atoms with Gasteiger partial charge in [-0.15, -0.1) is 0 Å². The SMILES string of the molecule is [B][C@@H]1O[C@H](COC)[C@H](OP(C)(=O)[O-])C1OCCCO. The van der Waals surface area contributed by atoms with Gasteiger partial charge in [-0.1, -0.05) is 0 Å². The average molecular weight is 293 g/mol. The van der Waals surface area contributed by atoms with Crippen LogP contribution >= 0.6 is 7.60 Å². The van der Waals surface area contributed by atoms with Gasteiger partial charge in [0.25, 0.3) is 0 Å². The second-order valence-corrected chi connectivity index (χ2v) is 6.10. The lowest BCUT2D eigenvalue weighted by Gasteiger charge is -2.29. The quantitative estimate of drug-likeness (QED) is 0.343. The van der Waals surface area contributed by atoms with E-state index >= 15 is 0 Å². The maximum absolute atomic E-state index is 11.3. The van der Waals surface area contributed by atoms with E-state index in [4.69, 9.17) is 31.7 Å². The first-order valence-electron chi connectivity index (χ1n) is 5.98. The highest BCUT2D eigenvalue weighted by molar-refractivity contribution is 7.50. The monoisotopic (exact) mass is 293 g/mol. The Morgan fingerprint density at radius 1 is 1.47 bits per heavy atom. The van der Waals surface area contributed by atoms with E-state index in [9.17, 15) is 9.46 Å². The zero-order chi connectivity index (χ0) is 14.5. The van der Waals surface area contributed by atoms with Gasteiger partial charge in [0.15, 0.2) is 0 Å². The second-order valence-electron chi connectivity index (χ2n) is 4.35. The first kappa shape index (κ1) is 17.1. The Balaban J connectivity index is 2.70. The van der Waals surface area contributed by atoms with Crippen molar-refractivity contribution in [2.45, 2.75) is 30.7 Å². The largest absolute Gasteiger partial charge is 0.779 e. The van der Waals surface area contributed by atoms with Gasteiger partial charge in [0.1, 0.15) is 33.8 Å². The van der Waals surface area contributed by atoms with Crippen molar-refractivity contribution in [3.8, 4) is 0 Å². The van der Waals surface area contributed by atoms with Crippen LogP contribution in [0.3, 0.4) is 0 Å². The van der Waals surface area contributed by atoms with E-state index in [2.05, 4.69) is 0 Å². The number of aliphatic hydroxyl groups excluding tert-OH is 1. The third kappa shape index (κ3) is 5.51. The molecule has 1 fully saturated rings. The molecule has 0 aromatic heterocycles. The lowest BCUT2D eigenvalue weighted by Crippen LogP contribution is -2.39. The summed E-state index contributed by atoms with van der Waals surface area (Å²) >= 11 is 0. The Labute approximate surface area is 114 Å². The number of aliphatic hydroxyl groups is 1. The molecule has 0 aliphatic carbocycles. The Kier molecular flexibility index (Phi) is 6.97. The smallest absolute Gasteiger partial charge is 0.132 e. The summed E-state index contributed by atoms with van der Waals surface area (Å²) in [7, 11) is 3.27. The standard InChI is InChI=1S/C10H20BO7P/c1-15-6-7-8(18-19(2,13)14)9(10(11)17-7)16-5-3-4-12/h7-10,12H,3-6H2,1-2H3,(H,13,14)/p-1/t7-,8+,9?,10-/m1/s1. The molecule has 1 rings (SSSR count). The van der Waals surface area contributed by atoms with Crippen LogP contribution < -0.4 is 4.89 Å². The van der Waals surface area contributed by atoms with Gasteiger partial charge in [0, 0.05) is 33.0 Å². The number of ether oxygens (including phenoxy) is 3. The van der Waals surface area contributed by atoms with Crippen LogP contribution in [-0.4, -0.2) is 70.9 Å². The molecule has 19 heavy (non-hydrogen) atoms. The molecule has 1 saturated heterocycles. The summed E-state index contributed by atoms with van der Waals surface area (Å²) in [5.74, 6) is 0. The molecule has 1 aliphatic heterocycles. The zero-order valence-corrected chi connectivity index (χ0v) is 12.0. The van der Waals surface area contributed by atoms with Crippen LogP contribution in [0.25, 0.3) is 0 Å². The Bertz CT molecular complexity index is 310. The van der Waals surface area contributed by atoms with Gasteiger partial charge in [0.05, 0.1) is 6.61 Å². The molecule has 0 aromatic rings. The van der Waals surface area contributed by atoms with Gasteiger partial charge in [-0.3, -0.25) is 0 Å². The normalized spacial score (nSPS) is 34.3. The minimum absolute atomic E-state index is 0.0241. The number of rotatable bonds is 8. The molecule has 1 aliphatic rings. The molecule has 0 bridgehead atoms. The van der Waals surface area contributed by atoms with Gasteiger partial charge in [-0.25, -0.2) is 0 Å². The van der Waals surface area contributed by atoms with E-state index < -0.39 is 31.9 Å². The van der Waals surface area contributed by atoms with Crippen molar-refractivity contribution >= 4 is 15.4 Å². The topological polar surface area (TPSA) is 97.3 Å². The van der Waals surface area contributed by atoms with E-state index in [1.807, 2.05) is 0 Å². The van der Waals surface area contributed by atoms with Crippen molar-refractivity contribution in [1.29, 1.82) is 0 Å². The Morgan fingerprint density at radius 2 is 2.16 bits per heavy atom. The predicted octanol–water partition coefficient (Wildman–Crippen LogP) is -1.14. The van der Waals surface area contributed by atoms with E-state index in [1.165, 1.54) is 7.11 Å². The molecule has 0 amide bonds. The highest BCUT2D eigenvalue weighted by atomic mass is 31.2. The first-order valence-corrected chi connectivity index (χ1v) is 7.97. The highest BCUT2D eigenvalue weighted by Gasteiger charge is 2.44. The minimum Gasteiger partial charge on any atom is -0.779 e. The summed E-state index contributed by atoms with van der Waals surface area (Å²) in [6.07, 6.45) is -1.75. The third-order valence-electron chi connectivity index (χ3n) is 2.60.